The van der Waals surface area contributed by atoms with Gasteiger partial charge in [0.05, 0.1) is 23.5 Å². The number of rotatable bonds is 5. The Kier molecular flexibility index (Phi) is 5.89. The van der Waals surface area contributed by atoms with E-state index in [9.17, 15) is 9.90 Å². The van der Waals surface area contributed by atoms with Crippen LogP contribution < -0.4 is 5.32 Å². The number of benzene rings is 2. The van der Waals surface area contributed by atoms with Crippen molar-refractivity contribution in [3.63, 3.8) is 0 Å². The SMILES string of the molecule is O=C(Cc1ccc(O)cc1)Nc1nc2c(nc1CC1CCCCC1)-c1ccccc1CC2. The Labute approximate surface area is 188 Å². The number of amides is 1. The van der Waals surface area contributed by atoms with E-state index in [0.29, 0.717) is 11.7 Å². The van der Waals surface area contributed by atoms with Crippen molar-refractivity contribution in [2.24, 2.45) is 5.92 Å². The molecule has 2 aliphatic carbocycles. The van der Waals surface area contributed by atoms with E-state index in [-0.39, 0.29) is 18.1 Å². The van der Waals surface area contributed by atoms with E-state index in [2.05, 4.69) is 29.6 Å². The molecular formula is C27H29N3O2. The van der Waals surface area contributed by atoms with Crippen molar-refractivity contribution >= 4 is 11.7 Å². The standard InChI is InChI=1S/C27H29N3O2/c31-21-13-10-19(11-14-21)17-25(32)30-27-24(16-18-6-2-1-3-7-18)28-26-22-9-5-4-8-20(22)12-15-23(26)29-27/h4-5,8-11,13-14,18,31H,1-3,6-7,12,15-17H2,(H,29,30,32). The molecule has 2 N–H and O–H groups in total. The number of hydrogen-bond acceptors (Lipinski definition) is 4. The lowest BCUT2D eigenvalue weighted by molar-refractivity contribution is -0.115. The van der Waals surface area contributed by atoms with Gasteiger partial charge in [0.25, 0.3) is 0 Å². The molecule has 1 amide bonds. The zero-order valence-electron chi connectivity index (χ0n) is 18.3. The predicted molar refractivity (Wildman–Crippen MR) is 126 cm³/mol. The van der Waals surface area contributed by atoms with E-state index in [4.69, 9.17) is 9.97 Å². The van der Waals surface area contributed by atoms with Crippen molar-refractivity contribution < 1.29 is 9.90 Å². The van der Waals surface area contributed by atoms with Gasteiger partial charge in [-0.1, -0.05) is 68.5 Å². The minimum atomic E-state index is -0.106. The van der Waals surface area contributed by atoms with Gasteiger partial charge in [0.2, 0.25) is 5.91 Å². The molecule has 32 heavy (non-hydrogen) atoms. The molecule has 1 saturated carbocycles. The van der Waals surface area contributed by atoms with Crippen molar-refractivity contribution in [2.75, 3.05) is 5.32 Å². The Bertz CT molecular complexity index is 1120. The second-order valence-corrected chi connectivity index (χ2v) is 9.07. The summed E-state index contributed by atoms with van der Waals surface area (Å²) in [7, 11) is 0. The molecular weight excluding hydrogens is 398 g/mol. The van der Waals surface area contributed by atoms with E-state index < -0.39 is 0 Å². The first-order valence-electron chi connectivity index (χ1n) is 11.7. The topological polar surface area (TPSA) is 75.1 Å². The van der Waals surface area contributed by atoms with E-state index >= 15 is 0 Å². The number of nitrogens with zero attached hydrogens (tertiary/aromatic N) is 2. The van der Waals surface area contributed by atoms with Crippen LogP contribution in [0.5, 0.6) is 5.75 Å². The van der Waals surface area contributed by atoms with E-state index in [1.807, 2.05) is 0 Å². The highest BCUT2D eigenvalue weighted by atomic mass is 16.3. The summed E-state index contributed by atoms with van der Waals surface area (Å²) in [6, 6.07) is 15.2. The summed E-state index contributed by atoms with van der Waals surface area (Å²) >= 11 is 0. The highest BCUT2D eigenvalue weighted by Gasteiger charge is 2.24. The first-order valence-corrected chi connectivity index (χ1v) is 11.7. The molecule has 5 nitrogen and oxygen atoms in total. The minimum Gasteiger partial charge on any atom is -0.508 e. The monoisotopic (exact) mass is 427 g/mol. The maximum atomic E-state index is 12.8. The van der Waals surface area contributed by atoms with Gasteiger partial charge in [0.15, 0.2) is 5.82 Å². The molecule has 1 fully saturated rings. The molecule has 0 bridgehead atoms. The molecule has 1 aromatic heterocycles. The van der Waals surface area contributed by atoms with Crippen LogP contribution in [0.4, 0.5) is 5.82 Å². The summed E-state index contributed by atoms with van der Waals surface area (Å²) in [5.74, 6) is 1.32. The van der Waals surface area contributed by atoms with Gasteiger partial charge in [0.1, 0.15) is 5.75 Å². The molecule has 1 heterocycles. The molecule has 5 rings (SSSR count). The first-order chi connectivity index (χ1) is 15.7. The van der Waals surface area contributed by atoms with Crippen LogP contribution in [0.15, 0.2) is 48.5 Å². The van der Waals surface area contributed by atoms with Crippen molar-refractivity contribution in [3.8, 4) is 17.0 Å². The number of anilines is 1. The summed E-state index contributed by atoms with van der Waals surface area (Å²) in [4.78, 5) is 22.9. The fourth-order valence-electron chi connectivity index (χ4n) is 5.00. The van der Waals surface area contributed by atoms with E-state index in [1.54, 1.807) is 24.3 Å². The number of phenolic OH excluding ortho intramolecular Hbond substituents is 1. The number of fused-ring (bicyclic) bond motifs is 3. The molecule has 0 radical (unpaired) electrons. The number of aromatic nitrogens is 2. The Morgan fingerprint density at radius 2 is 1.75 bits per heavy atom. The van der Waals surface area contributed by atoms with Crippen LogP contribution >= 0.6 is 0 Å². The normalized spacial score (nSPS) is 15.6. The molecule has 0 aliphatic heterocycles. The van der Waals surface area contributed by atoms with Crippen molar-refractivity contribution in [1.29, 1.82) is 0 Å². The third kappa shape index (κ3) is 4.52. The second kappa shape index (κ2) is 9.11. The fraction of sp³-hybridized carbons (Fsp3) is 0.370. The molecule has 3 aromatic rings. The third-order valence-corrected chi connectivity index (χ3v) is 6.71. The quantitative estimate of drug-likeness (QED) is 0.583. The van der Waals surface area contributed by atoms with Crippen LogP contribution in [0.3, 0.4) is 0 Å². The van der Waals surface area contributed by atoms with Crippen LogP contribution in [0.1, 0.15) is 54.6 Å². The maximum Gasteiger partial charge on any atom is 0.229 e. The second-order valence-electron chi connectivity index (χ2n) is 9.07. The van der Waals surface area contributed by atoms with Crippen LogP contribution in [-0.2, 0) is 30.5 Å². The molecule has 5 heteroatoms. The number of hydrogen-bond donors (Lipinski definition) is 2. The summed E-state index contributed by atoms with van der Waals surface area (Å²) < 4.78 is 0. The first kappa shape index (κ1) is 20.7. The molecule has 0 unspecified atom stereocenters. The Morgan fingerprint density at radius 3 is 2.56 bits per heavy atom. The summed E-state index contributed by atoms with van der Waals surface area (Å²) in [6.45, 7) is 0. The zero-order valence-corrected chi connectivity index (χ0v) is 18.3. The largest absolute Gasteiger partial charge is 0.508 e. The molecule has 0 atom stereocenters. The number of phenols is 1. The third-order valence-electron chi connectivity index (χ3n) is 6.71. The Hall–Kier alpha value is -3.21. The van der Waals surface area contributed by atoms with Crippen LogP contribution in [0.25, 0.3) is 11.3 Å². The van der Waals surface area contributed by atoms with Crippen molar-refractivity contribution in [2.45, 2.75) is 57.8 Å². The maximum absolute atomic E-state index is 12.8. The summed E-state index contributed by atoms with van der Waals surface area (Å²) in [5, 5.41) is 12.5. The lowest BCUT2D eigenvalue weighted by Gasteiger charge is -2.24. The number of nitrogens with one attached hydrogen (secondary N) is 1. The van der Waals surface area contributed by atoms with E-state index in [0.717, 1.165) is 41.9 Å². The fourth-order valence-corrected chi connectivity index (χ4v) is 5.00. The minimum absolute atomic E-state index is 0.106. The summed E-state index contributed by atoms with van der Waals surface area (Å²) in [5.41, 5.74) is 6.21. The lowest BCUT2D eigenvalue weighted by Crippen LogP contribution is -2.21. The van der Waals surface area contributed by atoms with Gasteiger partial charge >= 0.3 is 0 Å². The average molecular weight is 428 g/mol. The number of carbonyl (C=O) groups is 1. The van der Waals surface area contributed by atoms with Gasteiger partial charge in [-0.3, -0.25) is 4.79 Å². The van der Waals surface area contributed by atoms with Gasteiger partial charge in [-0.25, -0.2) is 9.97 Å². The van der Waals surface area contributed by atoms with Crippen molar-refractivity contribution in [1.82, 2.24) is 9.97 Å². The van der Waals surface area contributed by atoms with Gasteiger partial charge < -0.3 is 10.4 Å². The molecule has 2 aromatic carbocycles. The lowest BCUT2D eigenvalue weighted by atomic mass is 9.85. The van der Waals surface area contributed by atoms with Crippen LogP contribution in [0.2, 0.25) is 0 Å². The smallest absolute Gasteiger partial charge is 0.229 e. The highest BCUT2D eigenvalue weighted by molar-refractivity contribution is 5.92. The molecule has 2 aliphatic rings. The van der Waals surface area contributed by atoms with E-state index in [1.165, 1.54) is 43.2 Å². The zero-order chi connectivity index (χ0) is 21.9. The van der Waals surface area contributed by atoms with Crippen LogP contribution in [0, 0.1) is 5.92 Å². The average Bonchev–Trinajstić information content (AvgIpc) is 2.81. The van der Waals surface area contributed by atoms with Gasteiger partial charge in [-0.05, 0) is 48.4 Å². The predicted octanol–water partition coefficient (Wildman–Crippen LogP) is 5.25. The summed E-state index contributed by atoms with van der Waals surface area (Å²) in [6.07, 6.45) is 9.18. The molecule has 164 valence electrons. The molecule has 0 spiro atoms. The van der Waals surface area contributed by atoms with Gasteiger partial charge in [-0.15, -0.1) is 0 Å². The van der Waals surface area contributed by atoms with Crippen LogP contribution in [-0.4, -0.2) is 21.0 Å². The Balaban J connectivity index is 1.45. The highest BCUT2D eigenvalue weighted by Crippen LogP contribution is 2.34. The van der Waals surface area contributed by atoms with Gasteiger partial charge in [0, 0.05) is 5.56 Å². The Morgan fingerprint density at radius 1 is 0.969 bits per heavy atom. The number of aryl methyl sites for hydroxylation is 2. The number of carbonyl (C=O) groups excluding carboxylic acids is 1. The molecule has 0 saturated heterocycles. The van der Waals surface area contributed by atoms with Crippen molar-refractivity contribution in [3.05, 3.63) is 71.0 Å². The number of aromatic hydroxyl groups is 1. The van der Waals surface area contributed by atoms with Gasteiger partial charge in [-0.2, -0.15) is 0 Å².